The number of hydrogen-bond donors (Lipinski definition) is 2. The van der Waals surface area contributed by atoms with Crippen LogP contribution in [0.15, 0.2) is 66.9 Å². The van der Waals surface area contributed by atoms with Gasteiger partial charge in [0.2, 0.25) is 0 Å². The van der Waals surface area contributed by atoms with Crippen molar-refractivity contribution in [3.05, 3.63) is 93.6 Å². The molecule has 3 aromatic carbocycles. The first kappa shape index (κ1) is 27.1. The van der Waals surface area contributed by atoms with E-state index in [1.54, 1.807) is 12.1 Å². The minimum absolute atomic E-state index is 0.132. The standard InChI is InChI=1S/C29H29Cl2N5O3/c30-24-15-23(16-25(31)28(24)37)26-18-33-29(35-34-26)39-19-21-7-5-20(6-8-21)17-32-10-9-22-3-1-2-4-27(22)36-11-13-38-14-12-36/h1-8,15-16,18,32,37H,9-14,17,19H2. The van der Waals surface area contributed by atoms with E-state index in [0.717, 1.165) is 51.4 Å². The summed E-state index contributed by atoms with van der Waals surface area (Å²) < 4.78 is 11.2. The van der Waals surface area contributed by atoms with Crippen LogP contribution in [0.3, 0.4) is 0 Å². The van der Waals surface area contributed by atoms with Gasteiger partial charge in [-0.15, -0.1) is 5.10 Å². The molecule has 0 saturated carbocycles. The molecule has 5 rings (SSSR count). The molecule has 1 saturated heterocycles. The smallest absolute Gasteiger partial charge is 0.336 e. The summed E-state index contributed by atoms with van der Waals surface area (Å²) in [6.45, 7) is 5.48. The minimum atomic E-state index is -0.171. The van der Waals surface area contributed by atoms with Gasteiger partial charge in [0.15, 0.2) is 5.75 Å². The van der Waals surface area contributed by atoms with E-state index in [-0.39, 0.29) is 21.8 Å². The van der Waals surface area contributed by atoms with Crippen LogP contribution in [-0.2, 0) is 24.3 Å². The molecule has 0 amide bonds. The second-order valence-electron chi connectivity index (χ2n) is 9.17. The van der Waals surface area contributed by atoms with Crippen LogP contribution in [0.4, 0.5) is 5.69 Å². The maximum Gasteiger partial charge on any atom is 0.336 e. The number of rotatable bonds is 10. The third kappa shape index (κ3) is 7.16. The fraction of sp³-hybridized carbons (Fsp3) is 0.276. The van der Waals surface area contributed by atoms with E-state index in [1.807, 2.05) is 12.1 Å². The molecular weight excluding hydrogens is 537 g/mol. The highest BCUT2D eigenvalue weighted by molar-refractivity contribution is 6.37. The number of halogens is 2. The number of phenolic OH excluding ortho intramolecular Hbond substituents is 1. The number of morpholine rings is 1. The van der Waals surface area contributed by atoms with Crippen LogP contribution in [0, 0.1) is 0 Å². The van der Waals surface area contributed by atoms with Gasteiger partial charge >= 0.3 is 6.01 Å². The molecule has 1 fully saturated rings. The zero-order valence-corrected chi connectivity index (χ0v) is 22.8. The molecule has 0 aliphatic carbocycles. The first-order valence-electron chi connectivity index (χ1n) is 12.8. The van der Waals surface area contributed by atoms with Crippen molar-refractivity contribution in [2.45, 2.75) is 19.6 Å². The van der Waals surface area contributed by atoms with E-state index < -0.39 is 0 Å². The zero-order chi connectivity index (χ0) is 27.0. The molecule has 0 unspecified atom stereocenters. The largest absolute Gasteiger partial charge is 0.505 e. The molecule has 8 nitrogen and oxygen atoms in total. The van der Waals surface area contributed by atoms with E-state index in [2.05, 4.69) is 61.8 Å². The summed E-state index contributed by atoms with van der Waals surface area (Å²) in [6.07, 6.45) is 2.49. The lowest BCUT2D eigenvalue weighted by molar-refractivity contribution is 0.122. The van der Waals surface area contributed by atoms with Crippen LogP contribution in [0.2, 0.25) is 10.0 Å². The van der Waals surface area contributed by atoms with Crippen LogP contribution < -0.4 is 15.0 Å². The topological polar surface area (TPSA) is 92.6 Å². The molecule has 1 aromatic heterocycles. The molecule has 202 valence electrons. The van der Waals surface area contributed by atoms with Crippen molar-refractivity contribution in [3.8, 4) is 23.0 Å². The molecule has 1 aliphatic heterocycles. The van der Waals surface area contributed by atoms with Gasteiger partial charge in [-0.05, 0) is 47.9 Å². The zero-order valence-electron chi connectivity index (χ0n) is 21.3. The molecule has 0 spiro atoms. The van der Waals surface area contributed by atoms with Crippen LogP contribution in [0.1, 0.15) is 16.7 Å². The lowest BCUT2D eigenvalue weighted by Gasteiger charge is -2.30. The highest BCUT2D eigenvalue weighted by Crippen LogP contribution is 2.35. The lowest BCUT2D eigenvalue weighted by Crippen LogP contribution is -2.36. The van der Waals surface area contributed by atoms with Gasteiger partial charge < -0.3 is 24.8 Å². The van der Waals surface area contributed by atoms with Gasteiger partial charge in [-0.25, -0.2) is 4.98 Å². The van der Waals surface area contributed by atoms with Crippen molar-refractivity contribution in [1.82, 2.24) is 20.5 Å². The SMILES string of the molecule is Oc1c(Cl)cc(-c2cnc(OCc3ccc(CNCCc4ccccc4N4CCOCC4)cc3)nn2)cc1Cl. The van der Waals surface area contributed by atoms with Crippen molar-refractivity contribution in [3.63, 3.8) is 0 Å². The quantitative estimate of drug-likeness (QED) is 0.250. The number of anilines is 1. The van der Waals surface area contributed by atoms with Crippen molar-refractivity contribution in [1.29, 1.82) is 0 Å². The van der Waals surface area contributed by atoms with Gasteiger partial charge in [-0.1, -0.05) is 70.8 Å². The Labute approximate surface area is 237 Å². The number of aromatic hydroxyl groups is 1. The average Bonchev–Trinajstić information content (AvgIpc) is 2.98. The Morgan fingerprint density at radius 2 is 1.67 bits per heavy atom. The van der Waals surface area contributed by atoms with E-state index in [1.165, 1.54) is 23.0 Å². The molecular formula is C29H29Cl2N5O3. The predicted octanol–water partition coefficient (Wildman–Crippen LogP) is 5.30. The van der Waals surface area contributed by atoms with E-state index in [0.29, 0.717) is 17.9 Å². The fourth-order valence-electron chi connectivity index (χ4n) is 4.37. The summed E-state index contributed by atoms with van der Waals surface area (Å²) in [5.41, 5.74) is 5.94. The normalized spacial score (nSPS) is 13.4. The van der Waals surface area contributed by atoms with E-state index in [4.69, 9.17) is 32.7 Å². The number of aromatic nitrogens is 3. The summed E-state index contributed by atoms with van der Waals surface area (Å²) in [5.74, 6) is -0.171. The summed E-state index contributed by atoms with van der Waals surface area (Å²) in [7, 11) is 0. The Morgan fingerprint density at radius 3 is 2.38 bits per heavy atom. The molecule has 0 radical (unpaired) electrons. The molecule has 0 bridgehead atoms. The van der Waals surface area contributed by atoms with Gasteiger partial charge in [-0.3, -0.25) is 0 Å². The average molecular weight is 566 g/mol. The van der Waals surface area contributed by atoms with Gasteiger partial charge in [-0.2, -0.15) is 0 Å². The van der Waals surface area contributed by atoms with Gasteiger partial charge in [0, 0.05) is 30.9 Å². The molecule has 39 heavy (non-hydrogen) atoms. The summed E-state index contributed by atoms with van der Waals surface area (Å²) in [6, 6.07) is 20.2. The number of benzene rings is 3. The minimum Gasteiger partial charge on any atom is -0.505 e. The second-order valence-corrected chi connectivity index (χ2v) is 9.99. The van der Waals surface area contributed by atoms with Crippen LogP contribution in [0.5, 0.6) is 11.8 Å². The lowest BCUT2D eigenvalue weighted by atomic mass is 10.1. The molecule has 4 aromatic rings. The maximum absolute atomic E-state index is 9.72. The Hall–Kier alpha value is -3.43. The number of nitrogens with zero attached hydrogens (tertiary/aromatic N) is 4. The van der Waals surface area contributed by atoms with E-state index >= 15 is 0 Å². The monoisotopic (exact) mass is 565 g/mol. The summed E-state index contributed by atoms with van der Waals surface area (Å²) in [5, 5.41) is 21.7. The van der Waals surface area contributed by atoms with Gasteiger partial charge in [0.1, 0.15) is 12.3 Å². The van der Waals surface area contributed by atoms with E-state index in [9.17, 15) is 5.11 Å². The number of para-hydroxylation sites is 1. The first-order chi connectivity index (χ1) is 19.1. The van der Waals surface area contributed by atoms with Gasteiger partial charge in [0.25, 0.3) is 0 Å². The highest BCUT2D eigenvalue weighted by atomic mass is 35.5. The van der Waals surface area contributed by atoms with Crippen LogP contribution in [0.25, 0.3) is 11.3 Å². The summed E-state index contributed by atoms with van der Waals surface area (Å²) >= 11 is 12.0. The Kier molecular flexibility index (Phi) is 9.11. The van der Waals surface area contributed by atoms with Crippen LogP contribution in [-0.4, -0.2) is 53.1 Å². The molecule has 2 heterocycles. The second kappa shape index (κ2) is 13.1. The fourth-order valence-corrected chi connectivity index (χ4v) is 4.86. The third-order valence-electron chi connectivity index (χ3n) is 6.49. The first-order valence-corrected chi connectivity index (χ1v) is 13.5. The number of phenols is 1. The Balaban J connectivity index is 1.08. The number of hydrogen-bond acceptors (Lipinski definition) is 8. The molecule has 0 atom stereocenters. The van der Waals surface area contributed by atoms with Crippen molar-refractivity contribution >= 4 is 28.9 Å². The molecule has 2 N–H and O–H groups in total. The highest BCUT2D eigenvalue weighted by Gasteiger charge is 2.14. The van der Waals surface area contributed by atoms with Crippen molar-refractivity contribution < 1.29 is 14.6 Å². The summed E-state index contributed by atoms with van der Waals surface area (Å²) in [4.78, 5) is 6.63. The predicted molar refractivity (Wildman–Crippen MR) is 153 cm³/mol. The van der Waals surface area contributed by atoms with Crippen molar-refractivity contribution in [2.24, 2.45) is 0 Å². The molecule has 1 aliphatic rings. The Morgan fingerprint density at radius 1 is 0.949 bits per heavy atom. The van der Waals surface area contributed by atoms with Crippen molar-refractivity contribution in [2.75, 3.05) is 37.7 Å². The molecule has 10 heteroatoms. The number of ether oxygens (including phenoxy) is 2. The Bertz CT molecular complexity index is 1360. The maximum atomic E-state index is 9.72. The number of nitrogens with one attached hydrogen (secondary N) is 1. The van der Waals surface area contributed by atoms with Gasteiger partial charge in [0.05, 0.1) is 29.5 Å². The van der Waals surface area contributed by atoms with Crippen LogP contribution >= 0.6 is 23.2 Å². The third-order valence-corrected chi connectivity index (χ3v) is 7.06.